The maximum absolute atomic E-state index is 14.1. The lowest BCUT2D eigenvalue weighted by Gasteiger charge is -2.30. The molecular weight excluding hydrogens is 961 g/mol. The van der Waals surface area contributed by atoms with Gasteiger partial charge in [-0.2, -0.15) is 0 Å². The molecule has 9 amide bonds. The number of carboxylic acid groups (broad SMARTS) is 1. The Kier molecular flexibility index (Phi) is 29.7. The van der Waals surface area contributed by atoms with Crippen LogP contribution in [0.15, 0.2) is 35.3 Å². The number of guanidine groups is 1. The Hall–Kier alpha value is -6.89. The Labute approximate surface area is 434 Å². The van der Waals surface area contributed by atoms with E-state index in [1.807, 2.05) is 0 Å². The molecule has 0 saturated carbocycles. The van der Waals surface area contributed by atoms with Crippen molar-refractivity contribution in [1.82, 2.24) is 42.5 Å². The van der Waals surface area contributed by atoms with Gasteiger partial charge in [0.15, 0.2) is 5.96 Å². The monoisotopic (exact) mass is 1040 g/mol. The highest BCUT2D eigenvalue weighted by atomic mass is 16.4. The number of nitrogens with zero attached hydrogens (tertiary/aromatic N) is 1. The van der Waals surface area contributed by atoms with Crippen LogP contribution in [0.4, 0.5) is 0 Å². The number of benzene rings is 1. The molecular formula is C49H84N14O11. The third-order valence-corrected chi connectivity index (χ3v) is 11.4. The Morgan fingerprint density at radius 3 is 1.53 bits per heavy atom. The number of hydrogen-bond acceptors (Lipinski definition) is 13. The van der Waals surface area contributed by atoms with Crippen LogP contribution in [0.2, 0.25) is 0 Å². The van der Waals surface area contributed by atoms with E-state index in [4.69, 9.17) is 28.7 Å². The van der Waals surface area contributed by atoms with Gasteiger partial charge in [-0.15, -0.1) is 0 Å². The predicted octanol–water partition coefficient (Wildman–Crippen LogP) is -2.39. The summed E-state index contributed by atoms with van der Waals surface area (Å²) in [4.78, 5) is 137. The molecule has 0 heterocycles. The molecule has 25 heteroatoms. The highest BCUT2D eigenvalue weighted by Gasteiger charge is 2.36. The first kappa shape index (κ1) is 65.1. The van der Waals surface area contributed by atoms with Crippen LogP contribution < -0.4 is 71.2 Å². The second kappa shape index (κ2) is 33.8. The summed E-state index contributed by atoms with van der Waals surface area (Å²) in [6, 6.07) is -1.50. The summed E-state index contributed by atoms with van der Waals surface area (Å²) in [6.07, 6.45) is 1.05. The fourth-order valence-electron chi connectivity index (χ4n) is 7.47. The van der Waals surface area contributed by atoms with Crippen LogP contribution >= 0.6 is 0 Å². The fourth-order valence-corrected chi connectivity index (χ4v) is 7.47. The number of rotatable bonds is 35. The second-order valence-corrected chi connectivity index (χ2v) is 19.8. The lowest BCUT2D eigenvalue weighted by Crippen LogP contribution is -2.61. The van der Waals surface area contributed by atoms with Crippen LogP contribution in [0.3, 0.4) is 0 Å². The Morgan fingerprint density at radius 1 is 0.554 bits per heavy atom. The minimum absolute atomic E-state index is 0.0185. The average Bonchev–Trinajstić information content (AvgIpc) is 3.30. The molecule has 0 aliphatic rings. The highest BCUT2D eigenvalue weighted by Crippen LogP contribution is 2.13. The average molecular weight is 1050 g/mol. The molecule has 0 aliphatic heterocycles. The van der Waals surface area contributed by atoms with E-state index >= 15 is 0 Å². The van der Waals surface area contributed by atoms with E-state index in [-0.39, 0.29) is 56.4 Å². The molecule has 0 saturated heterocycles. The molecule has 1 aromatic carbocycles. The van der Waals surface area contributed by atoms with Crippen molar-refractivity contribution in [1.29, 1.82) is 0 Å². The van der Waals surface area contributed by atoms with Gasteiger partial charge in [-0.25, -0.2) is 4.79 Å². The molecule has 25 nitrogen and oxygen atoms in total. The van der Waals surface area contributed by atoms with Crippen LogP contribution in [0, 0.1) is 23.7 Å². The Morgan fingerprint density at radius 2 is 1.04 bits per heavy atom. The van der Waals surface area contributed by atoms with Gasteiger partial charge in [-0.3, -0.25) is 48.1 Å². The lowest BCUT2D eigenvalue weighted by atomic mass is 9.98. The number of nitrogens with one attached hydrogen (secondary N) is 8. The zero-order chi connectivity index (χ0) is 56.2. The molecule has 1 rings (SSSR count). The first-order chi connectivity index (χ1) is 34.7. The summed E-state index contributed by atoms with van der Waals surface area (Å²) in [5.41, 5.74) is 28.7. The van der Waals surface area contributed by atoms with Gasteiger partial charge in [-0.1, -0.05) is 85.7 Å². The zero-order valence-electron chi connectivity index (χ0n) is 44.2. The third-order valence-electron chi connectivity index (χ3n) is 11.4. The maximum atomic E-state index is 14.1. The molecule has 0 spiro atoms. The minimum Gasteiger partial charge on any atom is -0.480 e. The van der Waals surface area contributed by atoms with E-state index in [0.717, 1.165) is 0 Å². The van der Waals surface area contributed by atoms with Crippen molar-refractivity contribution in [2.45, 2.75) is 162 Å². The molecule has 1 aromatic rings. The minimum atomic E-state index is -1.65. The van der Waals surface area contributed by atoms with Crippen LogP contribution in [-0.4, -0.2) is 138 Å². The van der Waals surface area contributed by atoms with Gasteiger partial charge in [0.2, 0.25) is 53.2 Å². The van der Waals surface area contributed by atoms with Crippen LogP contribution in [0.1, 0.15) is 112 Å². The van der Waals surface area contributed by atoms with Crippen LogP contribution in [0.5, 0.6) is 0 Å². The first-order valence-electron chi connectivity index (χ1n) is 25.1. The van der Waals surface area contributed by atoms with Gasteiger partial charge in [0.25, 0.3) is 0 Å². The van der Waals surface area contributed by atoms with Gasteiger partial charge in [0, 0.05) is 13.0 Å². The van der Waals surface area contributed by atoms with Crippen molar-refractivity contribution in [2.75, 3.05) is 19.6 Å². The molecule has 0 radical (unpaired) electrons. The van der Waals surface area contributed by atoms with Gasteiger partial charge in [0.05, 0.1) is 19.0 Å². The Bertz CT molecular complexity index is 2050. The summed E-state index contributed by atoms with van der Waals surface area (Å²) in [7, 11) is 0. The van der Waals surface area contributed by atoms with Gasteiger partial charge in [-0.05, 0) is 80.7 Å². The molecule has 8 atom stereocenters. The number of unbranched alkanes of at least 4 members (excludes halogenated alkanes) is 1. The van der Waals surface area contributed by atoms with E-state index in [0.29, 0.717) is 31.4 Å². The van der Waals surface area contributed by atoms with E-state index in [1.54, 1.807) is 85.7 Å². The van der Waals surface area contributed by atoms with Gasteiger partial charge in [0.1, 0.15) is 42.3 Å². The number of carbonyl (C=O) groups is 10. The molecule has 0 aliphatic carbocycles. The first-order valence-corrected chi connectivity index (χ1v) is 25.1. The number of nitrogens with two attached hydrogens (primary N) is 5. The number of hydrogen-bond donors (Lipinski definition) is 14. The number of aliphatic imine (C=N–C) groups is 1. The summed E-state index contributed by atoms with van der Waals surface area (Å²) >= 11 is 0. The maximum Gasteiger partial charge on any atom is 0.326 e. The van der Waals surface area contributed by atoms with Crippen molar-refractivity contribution >= 4 is 65.1 Å². The normalized spacial score (nSPS) is 14.5. The quantitative estimate of drug-likeness (QED) is 0.0192. The topological polar surface area (TPSA) is 430 Å². The van der Waals surface area contributed by atoms with Crippen molar-refractivity contribution in [3.05, 3.63) is 35.9 Å². The lowest BCUT2D eigenvalue weighted by molar-refractivity contribution is -0.141. The number of carboxylic acids is 1. The standard InChI is InChI=1S/C49H84N14O11/c1-26(2)21-33(42(67)56-25-38(65)57-36(48(73)74)23-30-15-10-9-11-16-30)59-44(69)35(24-37(52)64)61-47(72)40(29(7)8)63-45(70)34(22-27(3)4)60-43(68)32(18-12-13-19-50)58-46(71)39(28(5)6)62-41(66)31(51)17-14-20-55-49(53)54/h9-11,15-16,26-29,31-36,39-40H,12-14,17-25,50-51H2,1-8H3,(H2,52,64)(H,56,67)(H,57,65)(H,58,71)(H,59,69)(H,60,68)(H,61,72)(H,62,66)(H,63,70)(H,73,74)(H4,53,54,55)/t31-,32-,33-,34-,35-,36-,39-,40-/m0/s1. The molecule has 74 heavy (non-hydrogen) atoms. The number of primary amides is 1. The van der Waals surface area contributed by atoms with Crippen molar-refractivity contribution in [2.24, 2.45) is 57.3 Å². The number of amides is 9. The molecule has 0 aromatic heterocycles. The van der Waals surface area contributed by atoms with Gasteiger partial charge >= 0.3 is 5.97 Å². The zero-order valence-corrected chi connectivity index (χ0v) is 44.2. The molecule has 19 N–H and O–H groups in total. The predicted molar refractivity (Wildman–Crippen MR) is 277 cm³/mol. The Balaban J connectivity index is 3.27. The summed E-state index contributed by atoms with van der Waals surface area (Å²) in [5, 5.41) is 30.2. The summed E-state index contributed by atoms with van der Waals surface area (Å²) in [6.45, 7) is 13.7. The summed E-state index contributed by atoms with van der Waals surface area (Å²) < 4.78 is 0. The summed E-state index contributed by atoms with van der Waals surface area (Å²) in [5.74, 6) is -10.1. The number of carbonyl (C=O) groups excluding carboxylic acids is 9. The third kappa shape index (κ3) is 25.7. The van der Waals surface area contributed by atoms with Crippen LogP contribution in [-0.2, 0) is 54.4 Å². The largest absolute Gasteiger partial charge is 0.480 e. The van der Waals surface area contributed by atoms with E-state index in [1.165, 1.54) is 0 Å². The van der Waals surface area contributed by atoms with Crippen molar-refractivity contribution in [3.63, 3.8) is 0 Å². The molecule has 416 valence electrons. The molecule has 0 fully saturated rings. The highest BCUT2D eigenvalue weighted by molar-refractivity contribution is 5.99. The number of aliphatic carboxylic acids is 1. The molecule has 0 bridgehead atoms. The SMILES string of the molecule is CC(C)C[C@H](NC(=O)[C@H](CC(N)=O)NC(=O)[C@@H](NC(=O)[C@H](CC(C)C)NC(=O)[C@H](CCCCN)NC(=O)[C@@H](NC(=O)[C@@H](N)CCCN=C(N)N)C(C)C)C(C)C)C(=O)NCC(=O)N[C@@H](Cc1ccccc1)C(=O)O. The second-order valence-electron chi connectivity index (χ2n) is 19.8. The smallest absolute Gasteiger partial charge is 0.326 e. The van der Waals surface area contributed by atoms with E-state index in [9.17, 15) is 53.1 Å². The van der Waals surface area contributed by atoms with E-state index in [2.05, 4.69) is 47.5 Å². The van der Waals surface area contributed by atoms with Gasteiger partial charge < -0.3 is 76.3 Å². The van der Waals surface area contributed by atoms with Crippen LogP contribution in [0.25, 0.3) is 0 Å². The van der Waals surface area contributed by atoms with Crippen molar-refractivity contribution in [3.8, 4) is 0 Å². The molecule has 0 unspecified atom stereocenters. The van der Waals surface area contributed by atoms with E-state index < -0.39 is 132 Å². The fraction of sp³-hybridized carbons (Fsp3) is 0.653. The van der Waals surface area contributed by atoms with Crippen molar-refractivity contribution < 1.29 is 53.1 Å².